The molecule has 1 heterocycles. The lowest BCUT2D eigenvalue weighted by Crippen LogP contribution is -2.03. The number of hydrogen-bond donors (Lipinski definition) is 0. The lowest BCUT2D eigenvalue weighted by atomic mass is 10.1. The molecule has 6 heteroatoms. The van der Waals surface area contributed by atoms with Crippen LogP contribution in [0, 0.1) is 19.7 Å². The maximum absolute atomic E-state index is 13.6. The number of benzene rings is 1. The van der Waals surface area contributed by atoms with Gasteiger partial charge in [-0.3, -0.25) is 0 Å². The fraction of sp³-hybridized carbons (Fsp3) is 0.214. The molecule has 2 rings (SSSR count). The minimum atomic E-state index is -0.626. The number of esters is 1. The van der Waals surface area contributed by atoms with Crippen molar-refractivity contribution in [3.05, 3.63) is 46.1 Å². The number of carbonyl (C=O) groups is 1. The van der Waals surface area contributed by atoms with E-state index < -0.39 is 11.8 Å². The lowest BCUT2D eigenvalue weighted by molar-refractivity contribution is 0.0600. The number of methoxy groups -OCH3 is 1. The summed E-state index contributed by atoms with van der Waals surface area (Å²) < 4.78 is 18.2. The smallest absolute Gasteiger partial charge is 0.337 e. The number of hydrogen-bond acceptors (Lipinski definition) is 4. The maximum atomic E-state index is 13.6. The van der Waals surface area contributed by atoms with Crippen molar-refractivity contribution in [3.8, 4) is 11.3 Å². The number of halogens is 2. The summed E-state index contributed by atoms with van der Waals surface area (Å²) in [7, 11) is 1.23. The third-order valence-corrected chi connectivity index (χ3v) is 3.12. The lowest BCUT2D eigenvalue weighted by Gasteiger charge is -2.08. The molecule has 0 spiro atoms. The molecule has 4 nitrogen and oxygen atoms in total. The molecule has 0 saturated carbocycles. The summed E-state index contributed by atoms with van der Waals surface area (Å²) in [6.45, 7) is 3.56. The van der Waals surface area contributed by atoms with Gasteiger partial charge in [0.15, 0.2) is 5.15 Å². The summed E-state index contributed by atoms with van der Waals surface area (Å²) in [6, 6.07) is 3.81. The van der Waals surface area contributed by atoms with E-state index in [0.717, 1.165) is 6.07 Å². The third kappa shape index (κ3) is 2.77. The van der Waals surface area contributed by atoms with Crippen molar-refractivity contribution < 1.29 is 13.9 Å². The fourth-order valence-corrected chi connectivity index (χ4v) is 2.00. The highest BCUT2D eigenvalue weighted by atomic mass is 35.5. The Morgan fingerprint density at radius 3 is 2.50 bits per heavy atom. The van der Waals surface area contributed by atoms with Crippen LogP contribution in [0.3, 0.4) is 0 Å². The highest BCUT2D eigenvalue weighted by Gasteiger charge is 2.14. The van der Waals surface area contributed by atoms with Crippen LogP contribution in [0.15, 0.2) is 18.2 Å². The monoisotopic (exact) mass is 294 g/mol. The van der Waals surface area contributed by atoms with Gasteiger partial charge in [0.1, 0.15) is 11.5 Å². The highest BCUT2D eigenvalue weighted by molar-refractivity contribution is 6.31. The van der Waals surface area contributed by atoms with Gasteiger partial charge in [-0.15, -0.1) is 0 Å². The fourth-order valence-electron chi connectivity index (χ4n) is 1.72. The predicted octanol–water partition coefficient (Wildman–Crippen LogP) is 3.34. The van der Waals surface area contributed by atoms with Crippen molar-refractivity contribution >= 4 is 17.6 Å². The number of aromatic nitrogens is 2. The molecule has 104 valence electrons. The Bertz CT molecular complexity index is 689. The first-order valence-electron chi connectivity index (χ1n) is 5.82. The van der Waals surface area contributed by atoms with Gasteiger partial charge >= 0.3 is 5.97 Å². The molecular weight excluding hydrogens is 283 g/mol. The molecule has 20 heavy (non-hydrogen) atoms. The molecule has 0 aliphatic heterocycles. The normalized spacial score (nSPS) is 10.4. The van der Waals surface area contributed by atoms with Crippen LogP contribution in [-0.2, 0) is 4.74 Å². The zero-order chi connectivity index (χ0) is 14.9. The van der Waals surface area contributed by atoms with Crippen LogP contribution in [0.5, 0.6) is 0 Å². The number of ether oxygens (including phenoxy) is 1. The summed E-state index contributed by atoms with van der Waals surface area (Å²) >= 11 is 6.04. The van der Waals surface area contributed by atoms with E-state index in [2.05, 4.69) is 14.7 Å². The maximum Gasteiger partial charge on any atom is 0.337 e. The first-order valence-corrected chi connectivity index (χ1v) is 6.20. The summed E-state index contributed by atoms with van der Waals surface area (Å²) in [5, 5.41) is 0.162. The van der Waals surface area contributed by atoms with Gasteiger partial charge in [-0.2, -0.15) is 0 Å². The van der Waals surface area contributed by atoms with Crippen molar-refractivity contribution in [3.63, 3.8) is 0 Å². The predicted molar refractivity (Wildman–Crippen MR) is 73.2 cm³/mol. The van der Waals surface area contributed by atoms with Gasteiger partial charge in [-0.05, 0) is 32.0 Å². The Morgan fingerprint density at radius 2 is 1.85 bits per heavy atom. The van der Waals surface area contributed by atoms with Gasteiger partial charge in [0.2, 0.25) is 0 Å². The number of aryl methyl sites for hydroxylation is 2. The van der Waals surface area contributed by atoms with E-state index in [9.17, 15) is 9.18 Å². The summed E-state index contributed by atoms with van der Waals surface area (Å²) in [5.41, 5.74) is 2.20. The van der Waals surface area contributed by atoms with E-state index in [1.54, 1.807) is 13.8 Å². The molecule has 0 radical (unpaired) electrons. The van der Waals surface area contributed by atoms with Crippen LogP contribution in [0.4, 0.5) is 4.39 Å². The number of carbonyl (C=O) groups excluding carboxylic acids is 1. The Hall–Kier alpha value is -2.01. The van der Waals surface area contributed by atoms with Crippen molar-refractivity contribution in [2.45, 2.75) is 13.8 Å². The molecule has 0 bridgehead atoms. The largest absolute Gasteiger partial charge is 0.465 e. The zero-order valence-corrected chi connectivity index (χ0v) is 12.0. The number of nitrogens with zero attached hydrogens (tertiary/aromatic N) is 2. The van der Waals surface area contributed by atoms with Crippen LogP contribution >= 0.6 is 11.6 Å². The molecule has 0 unspecified atom stereocenters. The van der Waals surface area contributed by atoms with Gasteiger partial charge in [-0.25, -0.2) is 19.2 Å². The van der Waals surface area contributed by atoms with Gasteiger partial charge in [0, 0.05) is 5.56 Å². The van der Waals surface area contributed by atoms with Crippen molar-refractivity contribution in [2.75, 3.05) is 7.11 Å². The van der Waals surface area contributed by atoms with Crippen LogP contribution in [0.25, 0.3) is 11.3 Å². The Balaban J connectivity index is 2.61. The van der Waals surface area contributed by atoms with E-state index in [4.69, 9.17) is 11.6 Å². The first-order chi connectivity index (χ1) is 9.42. The van der Waals surface area contributed by atoms with Crippen LogP contribution in [0.2, 0.25) is 5.15 Å². The minimum absolute atomic E-state index is 0.0959. The minimum Gasteiger partial charge on any atom is -0.465 e. The van der Waals surface area contributed by atoms with E-state index >= 15 is 0 Å². The molecule has 0 aliphatic rings. The second kappa shape index (κ2) is 5.54. The third-order valence-electron chi connectivity index (χ3n) is 2.86. The zero-order valence-electron chi connectivity index (χ0n) is 11.2. The standard InChI is InChI=1S/C14H12ClFN2O2/c1-7-8(2)18-13(15)12(17-7)9-4-10(14(19)20-3)6-11(16)5-9/h4-6H,1-3H3. The molecule has 0 aliphatic carbocycles. The summed E-state index contributed by atoms with van der Waals surface area (Å²) in [5.74, 6) is -1.20. The SMILES string of the molecule is COC(=O)c1cc(F)cc(-c2nc(C)c(C)nc2Cl)c1. The molecular formula is C14H12ClFN2O2. The summed E-state index contributed by atoms with van der Waals surface area (Å²) in [6.07, 6.45) is 0. The van der Waals surface area contributed by atoms with E-state index in [-0.39, 0.29) is 10.7 Å². The highest BCUT2D eigenvalue weighted by Crippen LogP contribution is 2.27. The molecule has 0 atom stereocenters. The topological polar surface area (TPSA) is 52.1 Å². The van der Waals surface area contributed by atoms with E-state index in [0.29, 0.717) is 22.6 Å². The average Bonchev–Trinajstić information content (AvgIpc) is 2.41. The number of rotatable bonds is 2. The molecule has 0 amide bonds. The van der Waals surface area contributed by atoms with Gasteiger partial charge < -0.3 is 4.74 Å². The van der Waals surface area contributed by atoms with Crippen LogP contribution in [0.1, 0.15) is 21.7 Å². The molecule has 1 aromatic heterocycles. The van der Waals surface area contributed by atoms with Crippen molar-refractivity contribution in [2.24, 2.45) is 0 Å². The second-order valence-corrected chi connectivity index (χ2v) is 4.61. The Morgan fingerprint density at radius 1 is 1.20 bits per heavy atom. The molecule has 1 aromatic carbocycles. The quantitative estimate of drug-likeness (QED) is 0.797. The molecule has 0 saturated heterocycles. The van der Waals surface area contributed by atoms with Crippen molar-refractivity contribution in [1.29, 1.82) is 0 Å². The van der Waals surface area contributed by atoms with Crippen molar-refractivity contribution in [1.82, 2.24) is 9.97 Å². The second-order valence-electron chi connectivity index (χ2n) is 4.25. The van der Waals surface area contributed by atoms with Crippen LogP contribution < -0.4 is 0 Å². The first kappa shape index (κ1) is 14.4. The summed E-state index contributed by atoms with van der Waals surface area (Å²) in [4.78, 5) is 19.9. The van der Waals surface area contributed by atoms with Gasteiger partial charge in [0.05, 0.1) is 24.1 Å². The van der Waals surface area contributed by atoms with Crippen LogP contribution in [-0.4, -0.2) is 23.0 Å². The Kier molecular flexibility index (Phi) is 3.99. The molecule has 0 fully saturated rings. The molecule has 0 N–H and O–H groups in total. The van der Waals surface area contributed by atoms with E-state index in [1.165, 1.54) is 19.2 Å². The average molecular weight is 295 g/mol. The van der Waals surface area contributed by atoms with Gasteiger partial charge in [0.25, 0.3) is 0 Å². The van der Waals surface area contributed by atoms with Gasteiger partial charge in [-0.1, -0.05) is 11.6 Å². The van der Waals surface area contributed by atoms with E-state index in [1.807, 2.05) is 0 Å². The molecule has 2 aromatic rings. The Labute approximate surface area is 120 Å².